The van der Waals surface area contributed by atoms with Crippen molar-refractivity contribution in [3.05, 3.63) is 81.9 Å². The molecule has 0 fully saturated rings. The highest BCUT2D eigenvalue weighted by atomic mass is 16.6. The van der Waals surface area contributed by atoms with E-state index in [-0.39, 0.29) is 5.34 Å². The predicted molar refractivity (Wildman–Crippen MR) is 74.5 cm³/mol. The number of nitrogens with one attached hydrogen (secondary N) is 1. The molecular weight excluding hydrogens is 278 g/mol. The fourth-order valence-corrected chi connectivity index (χ4v) is 1.16. The smallest absolute Gasteiger partial charge is 0.335 e. The Morgan fingerprint density at radius 3 is 1.14 bits per heavy atom. The van der Waals surface area contributed by atoms with Crippen molar-refractivity contribution in [2.75, 3.05) is 0 Å². The molecule has 0 aromatic heterocycles. The zero-order chi connectivity index (χ0) is 16.1. The molecule has 2 aromatic carbocycles. The lowest BCUT2D eigenvalue weighted by atomic mass is 10.2. The van der Waals surface area contributed by atoms with E-state index in [1.54, 1.807) is 60.7 Å². The first kappa shape index (κ1) is 17.8. The number of benzene rings is 2. The zero-order valence-corrected chi connectivity index (χ0v) is 10.8. The third-order valence-corrected chi connectivity index (χ3v) is 2.04. The van der Waals surface area contributed by atoms with Crippen molar-refractivity contribution in [1.82, 2.24) is 0 Å². The molecule has 0 bridgehead atoms. The minimum atomic E-state index is -0.879. The van der Waals surface area contributed by atoms with Gasteiger partial charge in [-0.25, -0.2) is 9.59 Å². The van der Waals surface area contributed by atoms with Crippen LogP contribution in [0.4, 0.5) is 0 Å². The van der Waals surface area contributed by atoms with Gasteiger partial charge < -0.3 is 10.2 Å². The maximum absolute atomic E-state index is 10.2. The van der Waals surface area contributed by atoms with Crippen molar-refractivity contribution in [3.8, 4) is 0 Å². The van der Waals surface area contributed by atoms with E-state index in [4.69, 9.17) is 20.3 Å². The van der Waals surface area contributed by atoms with Crippen molar-refractivity contribution in [3.63, 3.8) is 0 Å². The largest absolute Gasteiger partial charge is 0.478 e. The molecule has 0 atom stereocenters. The molecule has 7 heteroatoms. The Bertz CT molecular complexity index is 507. The van der Waals surface area contributed by atoms with Gasteiger partial charge in [0.2, 0.25) is 0 Å². The van der Waals surface area contributed by atoms with Crippen LogP contribution in [0.2, 0.25) is 0 Å². The van der Waals surface area contributed by atoms with Gasteiger partial charge in [0.1, 0.15) is 0 Å². The van der Waals surface area contributed by atoms with Crippen LogP contribution < -0.4 is 5.34 Å². The summed E-state index contributed by atoms with van der Waals surface area (Å²) in [7, 11) is 0. The van der Waals surface area contributed by atoms with Crippen LogP contribution >= 0.6 is 0 Å². The Labute approximate surface area is 120 Å². The van der Waals surface area contributed by atoms with Gasteiger partial charge in [0.15, 0.2) is 0 Å². The monoisotopic (exact) mass is 291 g/mol. The van der Waals surface area contributed by atoms with Gasteiger partial charge in [0.25, 0.3) is 0 Å². The van der Waals surface area contributed by atoms with Gasteiger partial charge >= 0.3 is 11.9 Å². The first-order valence-electron chi connectivity index (χ1n) is 5.59. The van der Waals surface area contributed by atoms with E-state index in [9.17, 15) is 9.59 Å². The fraction of sp³-hybridized carbons (Fsp3) is 0. The van der Waals surface area contributed by atoms with Crippen LogP contribution in [0.3, 0.4) is 0 Å². The van der Waals surface area contributed by atoms with Gasteiger partial charge in [-0.2, -0.15) is 0 Å². The van der Waals surface area contributed by atoms with Crippen molar-refractivity contribution in [2.45, 2.75) is 0 Å². The molecule has 2 aromatic rings. The maximum Gasteiger partial charge on any atom is 0.335 e. The van der Waals surface area contributed by atoms with E-state index in [1.807, 2.05) is 0 Å². The van der Waals surface area contributed by atoms with Gasteiger partial charge in [-0.15, -0.1) is 0 Å². The van der Waals surface area contributed by atoms with Gasteiger partial charge in [0, 0.05) is 5.34 Å². The van der Waals surface area contributed by atoms with Gasteiger partial charge in [-0.05, 0) is 24.3 Å². The number of rotatable bonds is 2. The summed E-state index contributed by atoms with van der Waals surface area (Å²) in [6.07, 6.45) is 0. The van der Waals surface area contributed by atoms with E-state index < -0.39 is 11.9 Å². The molecule has 0 unspecified atom stereocenters. The second kappa shape index (κ2) is 10.7. The average Bonchev–Trinajstić information content (AvgIpc) is 2.50. The third kappa shape index (κ3) is 8.49. The second-order valence-electron chi connectivity index (χ2n) is 3.43. The SMILES string of the molecule is O=C(O)c1ccccc1.O=C(O)c1ccccc1.O=[NH+][O-]. The summed E-state index contributed by atoms with van der Waals surface area (Å²) in [5, 5.41) is 25.1. The number of aromatic carboxylic acids is 2. The normalized spacial score (nSPS) is 8.19. The lowest BCUT2D eigenvalue weighted by Gasteiger charge is -1.88. The van der Waals surface area contributed by atoms with Gasteiger partial charge in [-0.1, -0.05) is 36.4 Å². The minimum absolute atomic E-state index is 0.250. The first-order chi connectivity index (χ1) is 10.0. The van der Waals surface area contributed by atoms with Crippen LogP contribution in [0.1, 0.15) is 20.7 Å². The number of carboxylic acid groups (broad SMARTS) is 2. The lowest BCUT2D eigenvalue weighted by Crippen LogP contribution is -2.53. The summed E-state index contributed by atoms with van der Waals surface area (Å²) in [6.45, 7) is 0. The molecular formula is C14H13NO6. The van der Waals surface area contributed by atoms with E-state index in [1.165, 1.54) is 0 Å². The topological polar surface area (TPSA) is 129 Å². The number of carbonyl (C=O) groups is 2. The molecule has 0 radical (unpaired) electrons. The Morgan fingerprint density at radius 2 is 1.00 bits per heavy atom. The molecule has 0 amide bonds. The molecule has 21 heavy (non-hydrogen) atoms. The van der Waals surface area contributed by atoms with Crippen molar-refractivity contribution >= 4 is 11.9 Å². The van der Waals surface area contributed by atoms with Gasteiger partial charge in [-0.3, -0.25) is 10.1 Å². The van der Waals surface area contributed by atoms with Crippen LogP contribution in [-0.2, 0) is 0 Å². The molecule has 110 valence electrons. The highest BCUT2D eigenvalue weighted by molar-refractivity contribution is 5.87. The van der Waals surface area contributed by atoms with Crippen LogP contribution in [0, 0.1) is 10.1 Å². The zero-order valence-electron chi connectivity index (χ0n) is 10.8. The molecule has 0 heterocycles. The van der Waals surface area contributed by atoms with Crippen molar-refractivity contribution in [2.24, 2.45) is 0 Å². The molecule has 0 aliphatic carbocycles. The van der Waals surface area contributed by atoms with E-state index in [0.717, 1.165) is 0 Å². The summed E-state index contributed by atoms with van der Waals surface area (Å²) in [5.74, 6) is -1.76. The molecule has 3 N–H and O–H groups in total. The van der Waals surface area contributed by atoms with Crippen molar-refractivity contribution < 1.29 is 25.1 Å². The molecule has 2 rings (SSSR count). The molecule has 0 spiro atoms. The van der Waals surface area contributed by atoms with Gasteiger partial charge in [0.05, 0.1) is 11.1 Å². The van der Waals surface area contributed by atoms with E-state index >= 15 is 0 Å². The quantitative estimate of drug-likeness (QED) is 0.561. The Morgan fingerprint density at radius 1 is 0.762 bits per heavy atom. The number of carboxylic acids is 2. The molecule has 0 saturated carbocycles. The standard InChI is InChI=1S/2C7H6O2.HNO2/c2*8-7(9)6-4-2-1-3-5-6;2-1-3/h2*1-5H,(H,8,9);1H. The second-order valence-corrected chi connectivity index (χ2v) is 3.43. The van der Waals surface area contributed by atoms with Crippen LogP contribution in [0.15, 0.2) is 60.7 Å². The maximum atomic E-state index is 10.2. The van der Waals surface area contributed by atoms with Crippen molar-refractivity contribution in [1.29, 1.82) is 0 Å². The van der Waals surface area contributed by atoms with Crippen LogP contribution in [0.25, 0.3) is 0 Å². The lowest BCUT2D eigenvalue weighted by molar-refractivity contribution is -0.398. The van der Waals surface area contributed by atoms with Crippen LogP contribution in [0.5, 0.6) is 0 Å². The molecule has 0 aliphatic rings. The Kier molecular flexibility index (Phi) is 9.04. The Hall–Kier alpha value is -3.22. The van der Waals surface area contributed by atoms with E-state index in [2.05, 4.69) is 0 Å². The van der Waals surface area contributed by atoms with Crippen LogP contribution in [-0.4, -0.2) is 22.2 Å². The Balaban J connectivity index is 0.000000322. The molecule has 0 aliphatic heterocycles. The average molecular weight is 291 g/mol. The minimum Gasteiger partial charge on any atom is -0.478 e. The summed E-state index contributed by atoms with van der Waals surface area (Å²) in [4.78, 5) is 28.5. The predicted octanol–water partition coefficient (Wildman–Crippen LogP) is 1.10. The summed E-state index contributed by atoms with van der Waals surface area (Å²) >= 11 is 0. The summed E-state index contributed by atoms with van der Waals surface area (Å²) in [6, 6.07) is 16.6. The fourth-order valence-electron chi connectivity index (χ4n) is 1.16. The first-order valence-corrected chi connectivity index (χ1v) is 5.59. The molecule has 7 nitrogen and oxygen atoms in total. The number of hydrogen-bond acceptors (Lipinski definition) is 4. The molecule has 0 saturated heterocycles. The third-order valence-electron chi connectivity index (χ3n) is 2.04. The summed E-state index contributed by atoms with van der Waals surface area (Å²) in [5.41, 5.74) is 0.662. The van der Waals surface area contributed by atoms with E-state index in [0.29, 0.717) is 11.1 Å². The highest BCUT2D eigenvalue weighted by Gasteiger charge is 1.97. The summed E-state index contributed by atoms with van der Waals surface area (Å²) < 4.78 is 0. The number of hydrogen-bond donors (Lipinski definition) is 3. The highest BCUT2D eigenvalue weighted by Crippen LogP contribution is 1.96.